The van der Waals surface area contributed by atoms with E-state index in [-0.39, 0.29) is 47.5 Å². The molecule has 3 heterocycles. The van der Waals surface area contributed by atoms with Crippen molar-refractivity contribution in [2.24, 2.45) is 0 Å². The number of benzene rings is 2. The Labute approximate surface area is 198 Å². The Kier molecular flexibility index (Phi) is 5.80. The van der Waals surface area contributed by atoms with Crippen LogP contribution in [0.15, 0.2) is 42.5 Å². The number of aromatic nitrogens is 4. The molecule has 1 aliphatic rings. The van der Waals surface area contributed by atoms with Crippen LogP contribution in [0.5, 0.6) is 0 Å². The van der Waals surface area contributed by atoms with Gasteiger partial charge in [0, 0.05) is 31.0 Å². The average Bonchev–Trinajstić information content (AvgIpc) is 3.45. The van der Waals surface area contributed by atoms with Crippen molar-refractivity contribution in [3.63, 3.8) is 0 Å². The molecule has 0 unspecified atom stereocenters. The molecule has 1 atom stereocenters. The van der Waals surface area contributed by atoms with Crippen LogP contribution in [0.1, 0.15) is 28.9 Å². The molecule has 0 aliphatic carbocycles. The van der Waals surface area contributed by atoms with Gasteiger partial charge in [-0.15, -0.1) is 5.10 Å². The molecule has 9 nitrogen and oxygen atoms in total. The SMILES string of the molecule is N#Cc1cccc(-c2cc3nc(Cc4c(F)cccc4CN[C@@H]4CCOC4=O)nn3c(N)n2)c1F. The quantitative estimate of drug-likeness (QED) is 0.407. The monoisotopic (exact) mass is 475 g/mol. The molecule has 0 amide bonds. The number of carbonyl (C=O) groups is 1. The number of nitrogens with two attached hydrogens (primary N) is 1. The maximum atomic E-state index is 14.8. The topological polar surface area (TPSA) is 131 Å². The number of carbonyl (C=O) groups excluding carboxylic acids is 1. The van der Waals surface area contributed by atoms with E-state index in [0.29, 0.717) is 29.8 Å². The minimum absolute atomic E-state index is 0.0341. The lowest BCUT2D eigenvalue weighted by atomic mass is 10.0. The zero-order chi connectivity index (χ0) is 24.5. The number of halogens is 2. The molecular weight excluding hydrogens is 456 g/mol. The number of nitrogen functional groups attached to an aromatic ring is 1. The largest absolute Gasteiger partial charge is 0.464 e. The van der Waals surface area contributed by atoms with Gasteiger partial charge in [-0.3, -0.25) is 4.79 Å². The second-order valence-corrected chi connectivity index (χ2v) is 8.02. The van der Waals surface area contributed by atoms with E-state index >= 15 is 0 Å². The number of esters is 1. The summed E-state index contributed by atoms with van der Waals surface area (Å²) >= 11 is 0. The molecule has 1 aliphatic heterocycles. The number of nitrogens with one attached hydrogen (secondary N) is 1. The van der Waals surface area contributed by atoms with E-state index in [0.717, 1.165) is 0 Å². The van der Waals surface area contributed by atoms with Gasteiger partial charge in [-0.25, -0.2) is 18.7 Å². The van der Waals surface area contributed by atoms with Gasteiger partial charge in [0.15, 0.2) is 11.5 Å². The summed E-state index contributed by atoms with van der Waals surface area (Å²) in [6, 6.07) is 12.0. The number of hydrogen-bond donors (Lipinski definition) is 2. The second-order valence-electron chi connectivity index (χ2n) is 8.02. The molecule has 5 rings (SSSR count). The third kappa shape index (κ3) is 4.27. The molecule has 0 radical (unpaired) electrons. The van der Waals surface area contributed by atoms with Crippen molar-refractivity contribution >= 4 is 17.6 Å². The lowest BCUT2D eigenvalue weighted by molar-refractivity contribution is -0.139. The van der Waals surface area contributed by atoms with Gasteiger partial charge < -0.3 is 15.8 Å². The van der Waals surface area contributed by atoms with Crippen molar-refractivity contribution in [3.05, 3.63) is 76.6 Å². The predicted octanol–water partition coefficient (Wildman–Crippen LogP) is 2.52. The van der Waals surface area contributed by atoms with Gasteiger partial charge >= 0.3 is 5.97 Å². The summed E-state index contributed by atoms with van der Waals surface area (Å²) in [7, 11) is 0. The van der Waals surface area contributed by atoms with Gasteiger partial charge in [-0.1, -0.05) is 18.2 Å². The van der Waals surface area contributed by atoms with Crippen LogP contribution in [0.3, 0.4) is 0 Å². The van der Waals surface area contributed by atoms with Gasteiger partial charge in [-0.2, -0.15) is 9.78 Å². The highest BCUT2D eigenvalue weighted by molar-refractivity contribution is 5.77. The van der Waals surface area contributed by atoms with Crippen LogP contribution in [0, 0.1) is 23.0 Å². The molecule has 0 bridgehead atoms. The van der Waals surface area contributed by atoms with Crippen molar-refractivity contribution in [3.8, 4) is 17.3 Å². The summed E-state index contributed by atoms with van der Waals surface area (Å²) in [6.45, 7) is 0.627. The number of cyclic esters (lactones) is 1. The lowest BCUT2D eigenvalue weighted by Gasteiger charge is -2.12. The molecule has 2 aromatic heterocycles. The van der Waals surface area contributed by atoms with Crippen LogP contribution < -0.4 is 11.1 Å². The molecule has 0 spiro atoms. The zero-order valence-corrected chi connectivity index (χ0v) is 18.3. The van der Waals surface area contributed by atoms with Crippen molar-refractivity contribution in [1.29, 1.82) is 5.26 Å². The van der Waals surface area contributed by atoms with Gasteiger partial charge in [-0.05, 0) is 29.3 Å². The highest BCUT2D eigenvalue weighted by atomic mass is 19.1. The fourth-order valence-corrected chi connectivity index (χ4v) is 4.02. The van der Waals surface area contributed by atoms with Crippen LogP contribution >= 0.6 is 0 Å². The van der Waals surface area contributed by atoms with Crippen molar-refractivity contribution in [2.75, 3.05) is 12.3 Å². The summed E-state index contributed by atoms with van der Waals surface area (Å²) in [5.74, 6) is -1.21. The Morgan fingerprint density at radius 1 is 1.23 bits per heavy atom. The Hall–Kier alpha value is -4.43. The maximum Gasteiger partial charge on any atom is 0.323 e. The lowest BCUT2D eigenvalue weighted by Crippen LogP contribution is -2.32. The molecule has 3 N–H and O–H groups in total. The van der Waals surface area contributed by atoms with Crippen LogP contribution in [-0.2, 0) is 22.5 Å². The molecule has 1 fully saturated rings. The number of fused-ring (bicyclic) bond motifs is 1. The normalized spacial score (nSPS) is 15.3. The zero-order valence-electron chi connectivity index (χ0n) is 18.3. The second kappa shape index (κ2) is 9.08. The van der Waals surface area contributed by atoms with E-state index in [4.69, 9.17) is 15.7 Å². The summed E-state index contributed by atoms with van der Waals surface area (Å²) in [5, 5.41) is 16.5. The van der Waals surface area contributed by atoms with E-state index in [1.807, 2.05) is 0 Å². The summed E-state index contributed by atoms with van der Waals surface area (Å²) in [4.78, 5) is 20.4. The highest BCUT2D eigenvalue weighted by Crippen LogP contribution is 2.26. The third-order valence-electron chi connectivity index (χ3n) is 5.81. The Morgan fingerprint density at radius 2 is 2.06 bits per heavy atom. The Morgan fingerprint density at radius 3 is 2.83 bits per heavy atom. The minimum Gasteiger partial charge on any atom is -0.464 e. The smallest absolute Gasteiger partial charge is 0.323 e. The number of rotatable bonds is 6. The number of nitriles is 1. The summed E-state index contributed by atoms with van der Waals surface area (Å²) in [5.41, 5.74) is 7.57. The molecular formula is C24H19F2N7O2. The van der Waals surface area contributed by atoms with Crippen molar-refractivity contribution in [1.82, 2.24) is 24.9 Å². The standard InChI is InChI=1S/C24H19F2N7O2/c25-17-6-2-4-14(12-29-18-7-8-35-23(18)34)16(17)9-20-31-21-10-19(30-24(28)33(21)32-20)15-5-1-3-13(11-27)22(15)26/h1-6,10,18,29H,7-9,12H2,(H2,28,30)/t18-/m1/s1. The molecule has 1 saturated heterocycles. The van der Waals surface area contributed by atoms with Gasteiger partial charge in [0.1, 0.15) is 23.7 Å². The fourth-order valence-electron chi connectivity index (χ4n) is 4.02. The summed E-state index contributed by atoms with van der Waals surface area (Å²) in [6.07, 6.45) is 0.623. The molecule has 0 saturated carbocycles. The molecule has 35 heavy (non-hydrogen) atoms. The maximum absolute atomic E-state index is 14.8. The number of anilines is 1. The third-order valence-corrected chi connectivity index (χ3v) is 5.81. The van der Waals surface area contributed by atoms with E-state index in [2.05, 4.69) is 20.4 Å². The highest BCUT2D eigenvalue weighted by Gasteiger charge is 2.26. The van der Waals surface area contributed by atoms with Crippen LogP contribution in [0.25, 0.3) is 16.9 Å². The van der Waals surface area contributed by atoms with E-state index in [9.17, 15) is 13.6 Å². The first-order chi connectivity index (χ1) is 16.9. The molecule has 11 heteroatoms. The van der Waals surface area contributed by atoms with E-state index in [1.54, 1.807) is 24.3 Å². The van der Waals surface area contributed by atoms with E-state index < -0.39 is 17.7 Å². The van der Waals surface area contributed by atoms with Crippen LogP contribution in [-0.4, -0.2) is 38.2 Å². The summed E-state index contributed by atoms with van der Waals surface area (Å²) < 4.78 is 35.7. The van der Waals surface area contributed by atoms with Gasteiger partial charge in [0.05, 0.1) is 17.9 Å². The molecule has 176 valence electrons. The average molecular weight is 475 g/mol. The van der Waals surface area contributed by atoms with Crippen LogP contribution in [0.2, 0.25) is 0 Å². The molecule has 2 aromatic carbocycles. The number of ether oxygens (including phenoxy) is 1. The number of nitrogens with zero attached hydrogens (tertiary/aromatic N) is 5. The molecule has 4 aromatic rings. The van der Waals surface area contributed by atoms with Gasteiger partial charge in [0.25, 0.3) is 0 Å². The predicted molar refractivity (Wildman–Crippen MR) is 121 cm³/mol. The number of hydrogen-bond acceptors (Lipinski definition) is 8. The first-order valence-corrected chi connectivity index (χ1v) is 10.8. The van der Waals surface area contributed by atoms with Crippen molar-refractivity contribution < 1.29 is 18.3 Å². The Balaban J connectivity index is 1.45. The van der Waals surface area contributed by atoms with E-state index in [1.165, 1.54) is 28.8 Å². The first kappa shape index (κ1) is 22.4. The first-order valence-electron chi connectivity index (χ1n) is 10.8. The Bertz CT molecular complexity index is 1500. The minimum atomic E-state index is -0.708. The fraction of sp³-hybridized carbons (Fsp3) is 0.208. The van der Waals surface area contributed by atoms with Gasteiger partial charge in [0.2, 0.25) is 5.95 Å². The van der Waals surface area contributed by atoms with Crippen LogP contribution in [0.4, 0.5) is 14.7 Å². The van der Waals surface area contributed by atoms with Crippen molar-refractivity contribution in [2.45, 2.75) is 25.4 Å².